The molecule has 0 saturated heterocycles. The number of nitrogens with zero attached hydrogens (tertiary/aromatic N) is 1. The van der Waals surface area contributed by atoms with Gasteiger partial charge in [-0.05, 0) is 60.9 Å². The summed E-state index contributed by atoms with van der Waals surface area (Å²) in [6.45, 7) is -0.215. The number of hydrogen-bond donors (Lipinski definition) is 2. The van der Waals surface area contributed by atoms with E-state index < -0.39 is 6.04 Å². The molecule has 2 fully saturated rings. The molecular weight excluding hydrogens is 347 g/mol. The molecule has 27 heavy (non-hydrogen) atoms. The second-order valence-corrected chi connectivity index (χ2v) is 7.35. The fraction of sp³-hybridized carbons (Fsp3) is 0.429. The van der Waals surface area contributed by atoms with Crippen molar-refractivity contribution in [2.24, 2.45) is 5.92 Å². The molecule has 0 bridgehead atoms. The fourth-order valence-electron chi connectivity index (χ4n) is 3.43. The van der Waals surface area contributed by atoms with Crippen molar-refractivity contribution in [1.29, 1.82) is 0 Å². The van der Waals surface area contributed by atoms with Gasteiger partial charge in [-0.15, -0.1) is 0 Å². The Morgan fingerprint density at radius 2 is 2.19 bits per heavy atom. The third-order valence-corrected chi connectivity index (χ3v) is 5.40. The van der Waals surface area contributed by atoms with Crippen LogP contribution in [0.15, 0.2) is 42.6 Å². The van der Waals surface area contributed by atoms with Crippen LogP contribution in [0.1, 0.15) is 48.8 Å². The highest BCUT2D eigenvalue weighted by molar-refractivity contribution is 5.83. The van der Waals surface area contributed by atoms with Gasteiger partial charge in [0.2, 0.25) is 11.8 Å². The Labute approximate surface area is 157 Å². The zero-order valence-corrected chi connectivity index (χ0v) is 15.0. The van der Waals surface area contributed by atoms with Crippen LogP contribution in [0.4, 0.5) is 4.39 Å². The van der Waals surface area contributed by atoms with Crippen LogP contribution in [0, 0.1) is 11.7 Å². The number of benzene rings is 1. The summed E-state index contributed by atoms with van der Waals surface area (Å²) in [5.41, 5.74) is 1.57. The van der Waals surface area contributed by atoms with E-state index in [0.29, 0.717) is 12.3 Å². The second-order valence-electron chi connectivity index (χ2n) is 7.35. The van der Waals surface area contributed by atoms with Gasteiger partial charge in [-0.25, -0.2) is 9.37 Å². The lowest BCUT2D eigenvalue weighted by atomic mass is 9.96. The number of aromatic nitrogens is 1. The molecule has 2 saturated carbocycles. The zero-order chi connectivity index (χ0) is 18.8. The molecule has 0 aliphatic heterocycles. The van der Waals surface area contributed by atoms with Crippen molar-refractivity contribution in [3.63, 3.8) is 0 Å². The van der Waals surface area contributed by atoms with E-state index in [1.54, 1.807) is 18.3 Å². The number of hydrogen-bond acceptors (Lipinski definition) is 4. The molecule has 1 aromatic carbocycles. The molecule has 3 atom stereocenters. The van der Waals surface area contributed by atoms with Gasteiger partial charge in [0, 0.05) is 18.2 Å². The number of pyridine rings is 1. The minimum Gasteiger partial charge on any atom is -0.474 e. The molecule has 1 heterocycles. The standard InChI is InChI=1S/C21H23FN2O3/c22-15-4-1-3-13(9-15)17-10-18(17)21(26)24-19(12-25)14-7-8-20(23-11-14)27-16-5-2-6-16/h1,3-4,7-9,11,16-19,25H,2,5-6,10,12H2,(H,24,26). The average Bonchev–Trinajstić information content (AvgIpc) is 3.44. The number of carbonyl (C=O) groups excluding carboxylic acids is 1. The molecule has 1 amide bonds. The van der Waals surface area contributed by atoms with Crippen molar-refractivity contribution in [3.05, 3.63) is 59.5 Å². The van der Waals surface area contributed by atoms with Crippen LogP contribution in [0.5, 0.6) is 5.88 Å². The summed E-state index contributed by atoms with van der Waals surface area (Å²) < 4.78 is 19.1. The number of rotatable bonds is 7. The molecule has 5 nitrogen and oxygen atoms in total. The van der Waals surface area contributed by atoms with Gasteiger partial charge in [0.1, 0.15) is 11.9 Å². The number of aliphatic hydroxyl groups is 1. The summed E-state index contributed by atoms with van der Waals surface area (Å²) in [5.74, 6) is 0.00598. The lowest BCUT2D eigenvalue weighted by Crippen LogP contribution is -2.32. The van der Waals surface area contributed by atoms with Gasteiger partial charge >= 0.3 is 0 Å². The first-order valence-corrected chi connectivity index (χ1v) is 9.43. The molecule has 6 heteroatoms. The molecule has 2 aromatic rings. The van der Waals surface area contributed by atoms with Gasteiger partial charge in [-0.2, -0.15) is 0 Å². The highest BCUT2D eigenvalue weighted by Gasteiger charge is 2.44. The van der Waals surface area contributed by atoms with Crippen LogP contribution in [0.2, 0.25) is 0 Å². The Balaban J connectivity index is 1.35. The highest BCUT2D eigenvalue weighted by atomic mass is 19.1. The predicted octanol–water partition coefficient (Wildman–Crippen LogP) is 3.11. The van der Waals surface area contributed by atoms with Crippen LogP contribution in [-0.2, 0) is 4.79 Å². The fourth-order valence-corrected chi connectivity index (χ4v) is 3.43. The van der Waals surface area contributed by atoms with Crippen molar-refractivity contribution in [1.82, 2.24) is 10.3 Å². The largest absolute Gasteiger partial charge is 0.474 e. The number of aliphatic hydroxyl groups excluding tert-OH is 1. The third-order valence-electron chi connectivity index (χ3n) is 5.40. The molecular formula is C21H23FN2O3. The maximum Gasteiger partial charge on any atom is 0.224 e. The number of halogens is 1. The van der Waals surface area contributed by atoms with Crippen molar-refractivity contribution < 1.29 is 19.0 Å². The van der Waals surface area contributed by atoms with E-state index in [9.17, 15) is 14.3 Å². The Kier molecular flexibility index (Phi) is 5.07. The van der Waals surface area contributed by atoms with Gasteiger partial charge in [0.15, 0.2) is 0 Å². The Hall–Kier alpha value is -2.47. The van der Waals surface area contributed by atoms with E-state index in [0.717, 1.165) is 24.0 Å². The van der Waals surface area contributed by atoms with Gasteiger partial charge < -0.3 is 15.2 Å². The molecule has 2 aliphatic carbocycles. The summed E-state index contributed by atoms with van der Waals surface area (Å²) in [5, 5.41) is 12.6. The monoisotopic (exact) mass is 370 g/mol. The summed E-state index contributed by atoms with van der Waals surface area (Å²) in [6.07, 6.45) is 5.90. The number of amides is 1. The van der Waals surface area contributed by atoms with Gasteiger partial charge in [-0.3, -0.25) is 4.79 Å². The normalized spacial score (nSPS) is 22.6. The van der Waals surface area contributed by atoms with Crippen molar-refractivity contribution in [3.8, 4) is 5.88 Å². The highest BCUT2D eigenvalue weighted by Crippen LogP contribution is 2.47. The number of ether oxygens (including phenoxy) is 1. The number of nitrogens with one attached hydrogen (secondary N) is 1. The molecule has 2 N–H and O–H groups in total. The van der Waals surface area contributed by atoms with E-state index in [4.69, 9.17) is 4.74 Å². The lowest BCUT2D eigenvalue weighted by molar-refractivity contribution is -0.123. The van der Waals surface area contributed by atoms with E-state index in [2.05, 4.69) is 10.3 Å². The van der Waals surface area contributed by atoms with Crippen LogP contribution in [0.25, 0.3) is 0 Å². The van der Waals surface area contributed by atoms with Crippen LogP contribution < -0.4 is 10.1 Å². The summed E-state index contributed by atoms with van der Waals surface area (Å²) in [4.78, 5) is 16.8. The van der Waals surface area contributed by atoms with E-state index in [1.165, 1.54) is 18.6 Å². The molecule has 1 aromatic heterocycles. The first-order chi connectivity index (χ1) is 13.1. The van der Waals surface area contributed by atoms with Crippen LogP contribution in [-0.4, -0.2) is 28.7 Å². The first kappa shape index (κ1) is 17.9. The average molecular weight is 370 g/mol. The zero-order valence-electron chi connectivity index (χ0n) is 15.0. The molecule has 0 radical (unpaired) electrons. The SMILES string of the molecule is O=C(NC(CO)c1ccc(OC2CCC2)nc1)C1CC1c1cccc(F)c1. The molecule has 0 spiro atoms. The van der Waals surface area contributed by atoms with E-state index in [1.807, 2.05) is 12.1 Å². The first-order valence-electron chi connectivity index (χ1n) is 9.43. The third kappa shape index (κ3) is 4.11. The summed E-state index contributed by atoms with van der Waals surface area (Å²) >= 11 is 0. The molecule has 2 aliphatic rings. The van der Waals surface area contributed by atoms with Gasteiger partial charge in [0.25, 0.3) is 0 Å². The van der Waals surface area contributed by atoms with Crippen molar-refractivity contribution >= 4 is 5.91 Å². The topological polar surface area (TPSA) is 71.5 Å². The van der Waals surface area contributed by atoms with E-state index >= 15 is 0 Å². The maximum absolute atomic E-state index is 13.4. The van der Waals surface area contributed by atoms with E-state index in [-0.39, 0.29) is 36.3 Å². The Morgan fingerprint density at radius 3 is 2.81 bits per heavy atom. The summed E-state index contributed by atoms with van der Waals surface area (Å²) in [6, 6.07) is 9.45. The van der Waals surface area contributed by atoms with Gasteiger partial charge in [-0.1, -0.05) is 12.1 Å². The number of carbonyl (C=O) groups is 1. The molecule has 142 valence electrons. The Bertz CT molecular complexity index is 807. The summed E-state index contributed by atoms with van der Waals surface area (Å²) in [7, 11) is 0. The maximum atomic E-state index is 13.4. The van der Waals surface area contributed by atoms with Crippen LogP contribution >= 0.6 is 0 Å². The molecule has 4 rings (SSSR count). The van der Waals surface area contributed by atoms with Crippen LogP contribution in [0.3, 0.4) is 0 Å². The molecule has 3 unspecified atom stereocenters. The quantitative estimate of drug-likeness (QED) is 0.786. The minimum absolute atomic E-state index is 0.0384. The predicted molar refractivity (Wildman–Crippen MR) is 97.7 cm³/mol. The van der Waals surface area contributed by atoms with Gasteiger partial charge in [0.05, 0.1) is 12.6 Å². The smallest absolute Gasteiger partial charge is 0.224 e. The lowest BCUT2D eigenvalue weighted by Gasteiger charge is -2.25. The second kappa shape index (κ2) is 7.64. The van der Waals surface area contributed by atoms with Crippen molar-refractivity contribution in [2.45, 2.75) is 43.7 Å². The Morgan fingerprint density at radius 1 is 1.33 bits per heavy atom. The minimum atomic E-state index is -0.517. The van der Waals surface area contributed by atoms with Crippen molar-refractivity contribution in [2.75, 3.05) is 6.61 Å².